The molecule has 0 spiro atoms. The molecule has 0 bridgehead atoms. The Labute approximate surface area is 115 Å². The fourth-order valence-corrected chi connectivity index (χ4v) is 1.76. The van der Waals surface area contributed by atoms with Gasteiger partial charge in [0.05, 0.1) is 17.2 Å². The predicted molar refractivity (Wildman–Crippen MR) is 69.4 cm³/mol. The van der Waals surface area contributed by atoms with E-state index in [4.69, 9.17) is 21.4 Å². The molecule has 0 fully saturated rings. The molecule has 1 N–H and O–H groups in total. The van der Waals surface area contributed by atoms with Crippen LogP contribution < -0.4 is 0 Å². The molecule has 1 heterocycles. The molecule has 0 aliphatic heterocycles. The van der Waals surface area contributed by atoms with Gasteiger partial charge in [-0.05, 0) is 13.0 Å². The quantitative estimate of drug-likeness (QED) is 0.850. The van der Waals surface area contributed by atoms with Crippen LogP contribution in [-0.4, -0.2) is 53.7 Å². The summed E-state index contributed by atoms with van der Waals surface area (Å²) in [7, 11) is 1.48. The van der Waals surface area contributed by atoms with E-state index in [1.54, 1.807) is 13.0 Å². The second-order valence-corrected chi connectivity index (χ2v) is 4.33. The lowest BCUT2D eigenvalue weighted by Gasteiger charge is -2.20. The molecule has 0 atom stereocenters. The van der Waals surface area contributed by atoms with E-state index >= 15 is 0 Å². The van der Waals surface area contributed by atoms with Gasteiger partial charge in [-0.1, -0.05) is 11.6 Å². The van der Waals surface area contributed by atoms with Gasteiger partial charge in [0.15, 0.2) is 0 Å². The second-order valence-electron chi connectivity index (χ2n) is 3.92. The van der Waals surface area contributed by atoms with Gasteiger partial charge in [0, 0.05) is 25.5 Å². The maximum absolute atomic E-state index is 12.2. The minimum Gasteiger partial charge on any atom is -0.480 e. The summed E-state index contributed by atoms with van der Waals surface area (Å²) in [4.78, 5) is 28.1. The highest BCUT2D eigenvalue weighted by Gasteiger charge is 2.20. The number of carbonyl (C=O) groups is 2. The Balaban J connectivity index is 2.93. The van der Waals surface area contributed by atoms with Gasteiger partial charge in [0.2, 0.25) is 0 Å². The van der Waals surface area contributed by atoms with Gasteiger partial charge >= 0.3 is 5.97 Å². The van der Waals surface area contributed by atoms with E-state index in [-0.39, 0.29) is 23.7 Å². The van der Waals surface area contributed by atoms with Gasteiger partial charge < -0.3 is 14.7 Å². The SMILES string of the molecule is COCCN(CC(=O)O)C(=O)c1cnc(C)cc1Cl. The molecule has 1 aromatic rings. The summed E-state index contributed by atoms with van der Waals surface area (Å²) < 4.78 is 4.85. The van der Waals surface area contributed by atoms with Crippen LogP contribution in [-0.2, 0) is 9.53 Å². The zero-order chi connectivity index (χ0) is 14.4. The highest BCUT2D eigenvalue weighted by atomic mass is 35.5. The van der Waals surface area contributed by atoms with Gasteiger partial charge in [-0.15, -0.1) is 0 Å². The first-order chi connectivity index (χ1) is 8.95. The number of aryl methyl sites for hydroxylation is 1. The second kappa shape index (κ2) is 7.06. The highest BCUT2D eigenvalue weighted by Crippen LogP contribution is 2.17. The minimum absolute atomic E-state index is 0.172. The summed E-state index contributed by atoms with van der Waals surface area (Å²) in [5, 5.41) is 9.06. The summed E-state index contributed by atoms with van der Waals surface area (Å²) >= 11 is 5.97. The van der Waals surface area contributed by atoms with E-state index in [0.29, 0.717) is 5.69 Å². The van der Waals surface area contributed by atoms with Crippen molar-refractivity contribution in [2.45, 2.75) is 6.92 Å². The maximum Gasteiger partial charge on any atom is 0.323 e. The third-order valence-corrected chi connectivity index (χ3v) is 2.71. The van der Waals surface area contributed by atoms with E-state index in [0.717, 1.165) is 4.90 Å². The number of pyridine rings is 1. The number of halogens is 1. The van der Waals surface area contributed by atoms with Crippen molar-refractivity contribution in [3.8, 4) is 0 Å². The topological polar surface area (TPSA) is 79.7 Å². The molecule has 1 aromatic heterocycles. The van der Waals surface area contributed by atoms with Crippen molar-refractivity contribution in [1.82, 2.24) is 9.88 Å². The van der Waals surface area contributed by atoms with Crippen molar-refractivity contribution in [3.05, 3.63) is 28.5 Å². The van der Waals surface area contributed by atoms with Crippen molar-refractivity contribution in [2.24, 2.45) is 0 Å². The molecule has 19 heavy (non-hydrogen) atoms. The van der Waals surface area contributed by atoms with Crippen LogP contribution in [0.2, 0.25) is 5.02 Å². The lowest BCUT2D eigenvalue weighted by molar-refractivity contribution is -0.137. The molecule has 1 rings (SSSR count). The number of rotatable bonds is 6. The number of amides is 1. The smallest absolute Gasteiger partial charge is 0.323 e. The molecule has 0 saturated heterocycles. The molecule has 0 unspecified atom stereocenters. The Hall–Kier alpha value is -1.66. The fourth-order valence-electron chi connectivity index (χ4n) is 1.47. The van der Waals surface area contributed by atoms with E-state index in [9.17, 15) is 9.59 Å². The molecule has 0 radical (unpaired) electrons. The molecular formula is C12H15ClN2O4. The van der Waals surface area contributed by atoms with Crippen LogP contribution in [0.4, 0.5) is 0 Å². The third kappa shape index (κ3) is 4.50. The van der Waals surface area contributed by atoms with Crippen LogP contribution in [0, 0.1) is 6.92 Å². The zero-order valence-electron chi connectivity index (χ0n) is 10.7. The number of aromatic nitrogens is 1. The standard InChI is InChI=1S/C12H15ClN2O4/c1-8-5-10(13)9(6-14-8)12(18)15(3-4-19-2)7-11(16)17/h5-6H,3-4,7H2,1-2H3,(H,16,17). The van der Waals surface area contributed by atoms with Crippen LogP contribution in [0.15, 0.2) is 12.3 Å². The number of carbonyl (C=O) groups excluding carboxylic acids is 1. The molecule has 1 amide bonds. The lowest BCUT2D eigenvalue weighted by Crippen LogP contribution is -2.38. The summed E-state index contributed by atoms with van der Waals surface area (Å²) in [6, 6.07) is 1.56. The number of nitrogens with zero attached hydrogens (tertiary/aromatic N) is 2. The summed E-state index contributed by atoms with van der Waals surface area (Å²) in [6.07, 6.45) is 1.35. The van der Waals surface area contributed by atoms with Crippen molar-refractivity contribution >= 4 is 23.5 Å². The minimum atomic E-state index is -1.10. The van der Waals surface area contributed by atoms with Crippen LogP contribution in [0.5, 0.6) is 0 Å². The Morgan fingerprint density at radius 2 is 2.21 bits per heavy atom. The highest BCUT2D eigenvalue weighted by molar-refractivity contribution is 6.33. The van der Waals surface area contributed by atoms with Gasteiger partial charge in [-0.3, -0.25) is 14.6 Å². The van der Waals surface area contributed by atoms with Gasteiger partial charge in [-0.25, -0.2) is 0 Å². The Morgan fingerprint density at radius 1 is 1.53 bits per heavy atom. The molecule has 6 nitrogen and oxygen atoms in total. The largest absolute Gasteiger partial charge is 0.480 e. The Kier molecular flexibility index (Phi) is 5.72. The van der Waals surface area contributed by atoms with Gasteiger partial charge in [0.25, 0.3) is 5.91 Å². The average Bonchev–Trinajstić information content (AvgIpc) is 2.33. The zero-order valence-corrected chi connectivity index (χ0v) is 11.5. The number of methoxy groups -OCH3 is 1. The number of hydrogen-bond donors (Lipinski definition) is 1. The van der Waals surface area contributed by atoms with E-state index in [1.807, 2.05) is 0 Å². The lowest BCUT2D eigenvalue weighted by atomic mass is 10.2. The first kappa shape index (κ1) is 15.4. The van der Waals surface area contributed by atoms with Crippen molar-refractivity contribution in [3.63, 3.8) is 0 Å². The molecule has 0 aliphatic carbocycles. The number of ether oxygens (including phenoxy) is 1. The van der Waals surface area contributed by atoms with Crippen LogP contribution in [0.3, 0.4) is 0 Å². The normalized spacial score (nSPS) is 10.3. The molecule has 104 valence electrons. The summed E-state index contributed by atoms with van der Waals surface area (Å²) in [5.41, 5.74) is 0.868. The Morgan fingerprint density at radius 3 is 2.74 bits per heavy atom. The van der Waals surface area contributed by atoms with Crippen molar-refractivity contribution in [1.29, 1.82) is 0 Å². The van der Waals surface area contributed by atoms with Gasteiger partial charge in [0.1, 0.15) is 6.54 Å². The molecule has 7 heteroatoms. The van der Waals surface area contributed by atoms with Crippen LogP contribution >= 0.6 is 11.6 Å². The predicted octanol–water partition coefficient (Wildman–Crippen LogP) is 1.22. The van der Waals surface area contributed by atoms with E-state index < -0.39 is 18.4 Å². The van der Waals surface area contributed by atoms with E-state index in [1.165, 1.54) is 13.3 Å². The van der Waals surface area contributed by atoms with Crippen molar-refractivity contribution < 1.29 is 19.4 Å². The average molecular weight is 287 g/mol. The summed E-state index contributed by atoms with van der Waals surface area (Å²) in [6.45, 7) is 1.76. The number of carboxylic acids is 1. The van der Waals surface area contributed by atoms with Gasteiger partial charge in [-0.2, -0.15) is 0 Å². The van der Waals surface area contributed by atoms with E-state index in [2.05, 4.69) is 4.98 Å². The maximum atomic E-state index is 12.2. The Bertz CT molecular complexity index is 479. The first-order valence-corrected chi connectivity index (χ1v) is 5.95. The first-order valence-electron chi connectivity index (χ1n) is 5.58. The van der Waals surface area contributed by atoms with Crippen molar-refractivity contribution in [2.75, 3.05) is 26.8 Å². The third-order valence-electron chi connectivity index (χ3n) is 2.40. The molecular weight excluding hydrogens is 272 g/mol. The monoisotopic (exact) mass is 286 g/mol. The number of aliphatic carboxylic acids is 1. The van der Waals surface area contributed by atoms with Crippen LogP contribution in [0.25, 0.3) is 0 Å². The number of hydrogen-bond acceptors (Lipinski definition) is 4. The molecule has 0 aliphatic rings. The molecule has 0 aromatic carbocycles. The summed E-state index contributed by atoms with van der Waals surface area (Å²) in [5.74, 6) is -1.57. The molecule has 0 saturated carbocycles. The fraction of sp³-hybridized carbons (Fsp3) is 0.417. The number of carboxylic acid groups (broad SMARTS) is 1. The van der Waals surface area contributed by atoms with Crippen LogP contribution in [0.1, 0.15) is 16.1 Å².